The molecule has 0 saturated carbocycles. The molecule has 2 rings (SSSR count). The molecule has 0 radical (unpaired) electrons. The second-order valence-electron chi connectivity index (χ2n) is 5.77. The molecule has 7 heteroatoms. The molecule has 4 unspecified atom stereocenters. The summed E-state index contributed by atoms with van der Waals surface area (Å²) in [5, 5.41) is 16.7. The third-order valence-corrected chi connectivity index (χ3v) is 7.89. The van der Waals surface area contributed by atoms with Crippen LogP contribution < -0.4 is 0 Å². The molecule has 4 nitrogen and oxygen atoms in total. The van der Waals surface area contributed by atoms with Crippen molar-refractivity contribution < 1.29 is 5.11 Å². The third-order valence-electron chi connectivity index (χ3n) is 3.80. The molecule has 0 amide bonds. The Kier molecular flexibility index (Phi) is 6.50. The summed E-state index contributed by atoms with van der Waals surface area (Å²) in [5.74, 6) is 0.989. The van der Waals surface area contributed by atoms with Gasteiger partial charge >= 0.3 is 0 Å². The van der Waals surface area contributed by atoms with Crippen molar-refractivity contribution in [2.75, 3.05) is 26.4 Å². The van der Waals surface area contributed by atoms with E-state index >= 15 is 0 Å². The van der Waals surface area contributed by atoms with Crippen LogP contribution in [0.5, 0.6) is 0 Å². The first kappa shape index (κ1) is 17.7. The van der Waals surface area contributed by atoms with Crippen molar-refractivity contribution >= 4 is 39.5 Å². The second-order valence-corrected chi connectivity index (χ2v) is 9.65. The Hall–Kier alpha value is 0.310. The minimum atomic E-state index is -0.475. The van der Waals surface area contributed by atoms with Gasteiger partial charge in [-0.15, -0.1) is 0 Å². The van der Waals surface area contributed by atoms with Gasteiger partial charge < -0.3 is 10.0 Å². The average molecular weight is 394 g/mol. The Bertz CT molecular complexity index is 469. The van der Waals surface area contributed by atoms with Crippen molar-refractivity contribution in [1.29, 1.82) is 0 Å². The molecular formula is C14H24BrN3OS2. The summed E-state index contributed by atoms with van der Waals surface area (Å²) < 4.78 is 2.84. The van der Waals surface area contributed by atoms with Gasteiger partial charge in [-0.1, -0.05) is 13.8 Å². The lowest BCUT2D eigenvalue weighted by molar-refractivity contribution is 0.166. The van der Waals surface area contributed by atoms with Gasteiger partial charge in [0, 0.05) is 28.0 Å². The Morgan fingerprint density at radius 3 is 2.81 bits per heavy atom. The van der Waals surface area contributed by atoms with Crippen LogP contribution in [-0.2, 0) is 6.54 Å². The quantitative estimate of drug-likeness (QED) is 0.832. The molecule has 1 N–H and O–H groups in total. The van der Waals surface area contributed by atoms with Crippen molar-refractivity contribution in [3.8, 4) is 0 Å². The molecule has 1 aliphatic rings. The summed E-state index contributed by atoms with van der Waals surface area (Å²) in [6, 6.07) is 0. The van der Waals surface area contributed by atoms with Crippen LogP contribution in [0.25, 0.3) is 0 Å². The van der Waals surface area contributed by atoms with Gasteiger partial charge in [0.1, 0.15) is 6.10 Å². The van der Waals surface area contributed by atoms with E-state index in [1.54, 1.807) is 6.20 Å². The monoisotopic (exact) mass is 393 g/mol. The lowest BCUT2D eigenvalue weighted by Gasteiger charge is -2.34. The number of hydrogen-bond donors (Lipinski definition) is 1. The van der Waals surface area contributed by atoms with Crippen LogP contribution in [0.2, 0.25) is 0 Å². The Labute approximate surface area is 144 Å². The first-order valence-corrected chi connectivity index (χ1v) is 9.99. The molecule has 21 heavy (non-hydrogen) atoms. The molecule has 1 aliphatic heterocycles. The summed E-state index contributed by atoms with van der Waals surface area (Å²) in [4.78, 5) is 2.13. The van der Waals surface area contributed by atoms with Gasteiger partial charge in [-0.25, -0.2) is 0 Å². The smallest absolute Gasteiger partial charge is 0.109 e. The van der Waals surface area contributed by atoms with Gasteiger partial charge in [-0.2, -0.15) is 28.6 Å². The first-order chi connectivity index (χ1) is 9.90. The fourth-order valence-corrected chi connectivity index (χ4v) is 5.79. The number of rotatable bonds is 5. The number of aliphatic hydroxyl groups excluding tert-OH is 1. The van der Waals surface area contributed by atoms with Crippen LogP contribution in [-0.4, -0.2) is 61.9 Å². The lowest BCUT2D eigenvalue weighted by Crippen LogP contribution is -2.32. The zero-order valence-corrected chi connectivity index (χ0v) is 16.2. The molecule has 1 saturated heterocycles. The number of likely N-dealkylation sites (N-methyl/N-ethyl adjacent to an activating group) is 1. The Balaban J connectivity index is 2.11. The highest BCUT2D eigenvalue weighted by molar-refractivity contribution is 9.10. The standard InChI is InChI=1S/C14H24BrN3OS2/c1-9-10(2)21-12(8-20-9)14(19)13-11(15)7-16-18(13)6-5-17(3)4/h7,9-10,12,14,19H,5-6,8H2,1-4H3. The minimum absolute atomic E-state index is 0.229. The molecule has 0 spiro atoms. The number of aliphatic hydroxyl groups is 1. The summed E-state index contributed by atoms with van der Waals surface area (Å²) >= 11 is 7.40. The van der Waals surface area contributed by atoms with Crippen molar-refractivity contribution in [2.45, 2.75) is 42.2 Å². The van der Waals surface area contributed by atoms with Crippen LogP contribution in [0.3, 0.4) is 0 Å². The van der Waals surface area contributed by atoms with Gasteiger partial charge in [-0.05, 0) is 30.0 Å². The fourth-order valence-electron chi connectivity index (χ4n) is 2.29. The average Bonchev–Trinajstić information content (AvgIpc) is 2.80. The third kappa shape index (κ3) is 4.41. The Morgan fingerprint density at radius 1 is 1.48 bits per heavy atom. The minimum Gasteiger partial charge on any atom is -0.386 e. The molecule has 120 valence electrons. The molecule has 0 bridgehead atoms. The maximum absolute atomic E-state index is 10.8. The van der Waals surface area contributed by atoms with Crippen molar-refractivity contribution in [3.63, 3.8) is 0 Å². The van der Waals surface area contributed by atoms with E-state index in [-0.39, 0.29) is 5.25 Å². The second kappa shape index (κ2) is 7.73. The highest BCUT2D eigenvalue weighted by Gasteiger charge is 2.33. The molecule has 1 fully saturated rings. The van der Waals surface area contributed by atoms with E-state index in [4.69, 9.17) is 0 Å². The predicted octanol–water partition coefficient (Wildman–Crippen LogP) is 2.87. The van der Waals surface area contributed by atoms with Gasteiger partial charge in [-0.3, -0.25) is 4.68 Å². The van der Waals surface area contributed by atoms with Crippen molar-refractivity contribution in [1.82, 2.24) is 14.7 Å². The number of thioether (sulfide) groups is 2. The molecule has 2 heterocycles. The summed E-state index contributed by atoms with van der Waals surface area (Å²) in [7, 11) is 4.09. The van der Waals surface area contributed by atoms with Crippen LogP contribution in [0.1, 0.15) is 25.6 Å². The van der Waals surface area contributed by atoms with Gasteiger partial charge in [0.15, 0.2) is 0 Å². The first-order valence-electron chi connectivity index (χ1n) is 7.21. The molecular weight excluding hydrogens is 370 g/mol. The predicted molar refractivity (Wildman–Crippen MR) is 96.2 cm³/mol. The van der Waals surface area contributed by atoms with Crippen LogP contribution in [0, 0.1) is 0 Å². The number of aromatic nitrogens is 2. The zero-order chi connectivity index (χ0) is 15.6. The van der Waals surface area contributed by atoms with E-state index in [2.05, 4.69) is 39.8 Å². The largest absolute Gasteiger partial charge is 0.386 e. The topological polar surface area (TPSA) is 41.3 Å². The maximum atomic E-state index is 10.8. The normalized spacial score (nSPS) is 28.0. The van der Waals surface area contributed by atoms with E-state index in [9.17, 15) is 5.11 Å². The highest BCUT2D eigenvalue weighted by Crippen LogP contribution is 2.42. The SMILES string of the molecule is CC1SCC(C(O)c2c(Br)cnn2CCN(C)C)SC1C. The summed E-state index contributed by atoms with van der Waals surface area (Å²) in [6.07, 6.45) is 1.32. The number of nitrogens with zero attached hydrogens (tertiary/aromatic N) is 3. The maximum Gasteiger partial charge on any atom is 0.109 e. The van der Waals surface area contributed by atoms with E-state index in [1.165, 1.54) is 0 Å². The summed E-state index contributed by atoms with van der Waals surface area (Å²) in [5.41, 5.74) is 0.914. The van der Waals surface area contributed by atoms with E-state index in [0.29, 0.717) is 10.5 Å². The fraction of sp³-hybridized carbons (Fsp3) is 0.786. The highest BCUT2D eigenvalue weighted by atomic mass is 79.9. The van der Waals surface area contributed by atoms with Crippen molar-refractivity contribution in [3.05, 3.63) is 16.4 Å². The van der Waals surface area contributed by atoms with Crippen LogP contribution in [0.4, 0.5) is 0 Å². The van der Waals surface area contributed by atoms with Crippen LogP contribution >= 0.6 is 39.5 Å². The number of hydrogen-bond acceptors (Lipinski definition) is 5. The molecule has 1 aromatic heterocycles. The van der Waals surface area contributed by atoms with Gasteiger partial charge in [0.05, 0.1) is 22.9 Å². The van der Waals surface area contributed by atoms with Crippen molar-refractivity contribution in [2.24, 2.45) is 0 Å². The van der Waals surface area contributed by atoms with E-state index < -0.39 is 6.10 Å². The lowest BCUT2D eigenvalue weighted by atomic mass is 10.2. The molecule has 0 aliphatic carbocycles. The molecule has 4 atom stereocenters. The Morgan fingerprint density at radius 2 is 2.19 bits per heavy atom. The van der Waals surface area contributed by atoms with E-state index in [1.807, 2.05) is 42.3 Å². The number of halogens is 1. The van der Waals surface area contributed by atoms with Gasteiger partial charge in [0.25, 0.3) is 0 Å². The van der Waals surface area contributed by atoms with Gasteiger partial charge in [0.2, 0.25) is 0 Å². The van der Waals surface area contributed by atoms with Crippen LogP contribution in [0.15, 0.2) is 10.7 Å². The summed E-state index contributed by atoms with van der Waals surface area (Å²) in [6.45, 7) is 6.22. The molecule has 0 aromatic carbocycles. The molecule has 1 aromatic rings. The van der Waals surface area contributed by atoms with E-state index in [0.717, 1.165) is 29.0 Å². The zero-order valence-electron chi connectivity index (χ0n) is 13.0.